The lowest BCUT2D eigenvalue weighted by atomic mass is 9.75. The van der Waals surface area contributed by atoms with Gasteiger partial charge in [0.1, 0.15) is 0 Å². The van der Waals surface area contributed by atoms with Crippen LogP contribution in [0.2, 0.25) is 0 Å². The number of aliphatic hydroxyl groups is 1. The monoisotopic (exact) mass is 679 g/mol. The Morgan fingerprint density at radius 2 is 1.69 bits per heavy atom. The van der Waals surface area contributed by atoms with E-state index >= 15 is 0 Å². The molecule has 2 heterocycles. The lowest BCUT2D eigenvalue weighted by Gasteiger charge is -2.50. The summed E-state index contributed by atoms with van der Waals surface area (Å²) >= 11 is 17.3. The molecule has 3 fully saturated rings. The molecule has 2 amide bonds. The second-order valence-electron chi connectivity index (χ2n) is 13.6. The second kappa shape index (κ2) is 14.5. The van der Waals surface area contributed by atoms with E-state index in [1.54, 1.807) is 18.2 Å². The minimum atomic E-state index is -2.11. The summed E-state index contributed by atoms with van der Waals surface area (Å²) < 4.78 is 11.1. The van der Waals surface area contributed by atoms with Crippen molar-refractivity contribution in [1.29, 1.82) is 0 Å². The summed E-state index contributed by atoms with van der Waals surface area (Å²) in [6, 6.07) is 15.0. The number of carbonyl (C=O) groups is 2. The van der Waals surface area contributed by atoms with Crippen LogP contribution in [0.25, 0.3) is 0 Å². The van der Waals surface area contributed by atoms with Gasteiger partial charge in [0.05, 0.1) is 24.9 Å². The largest absolute Gasteiger partial charge is 0.392 e. The van der Waals surface area contributed by atoms with Crippen molar-refractivity contribution in [3.63, 3.8) is 0 Å². The van der Waals surface area contributed by atoms with E-state index in [9.17, 15) is 14.7 Å². The first kappa shape index (κ1) is 34.4. The number of nitrogens with one attached hydrogen (secondary N) is 2. The number of halogens is 3. The van der Waals surface area contributed by atoms with Gasteiger partial charge in [-0.25, -0.2) is 0 Å². The number of alkyl halides is 3. The number of hydrogen-bond donors (Lipinski definition) is 3. The highest BCUT2D eigenvalue weighted by atomic mass is 35.6. The molecule has 0 bridgehead atoms. The molecule has 5 rings (SSSR count). The number of carbonyl (C=O) groups excluding carboxylic acids is 2. The third-order valence-corrected chi connectivity index (χ3v) is 9.53. The lowest BCUT2D eigenvalue weighted by Crippen LogP contribution is -2.61. The van der Waals surface area contributed by atoms with Crippen molar-refractivity contribution in [2.24, 2.45) is 5.92 Å². The van der Waals surface area contributed by atoms with Crippen molar-refractivity contribution in [2.45, 2.75) is 112 Å². The molecule has 3 N–H and O–H groups in total. The van der Waals surface area contributed by atoms with Gasteiger partial charge in [-0.2, -0.15) is 0 Å². The van der Waals surface area contributed by atoms with Crippen LogP contribution in [0.3, 0.4) is 0 Å². The zero-order valence-corrected chi connectivity index (χ0v) is 28.4. The molecule has 11 heteroatoms. The Morgan fingerprint density at radius 3 is 2.38 bits per heavy atom. The Labute approximate surface area is 281 Å². The molecule has 0 unspecified atom stereocenters. The van der Waals surface area contributed by atoms with Crippen LogP contribution in [0.15, 0.2) is 48.5 Å². The van der Waals surface area contributed by atoms with E-state index in [-0.39, 0.29) is 36.3 Å². The van der Waals surface area contributed by atoms with Crippen LogP contribution in [-0.2, 0) is 25.7 Å². The van der Waals surface area contributed by atoms with Crippen molar-refractivity contribution < 1.29 is 24.2 Å². The third kappa shape index (κ3) is 8.92. The molecule has 2 aromatic rings. The molecule has 2 saturated heterocycles. The maximum absolute atomic E-state index is 13.7. The standard InChI is InChI=1S/C34H44Cl3N3O5/c1-33(2,3)39-30(42)28-16-15-22-7-4-5-10-27(22)40(28)19-26-18-29(23-13-11-21(20-41)12-14-23)45-31(44-26)24-8-6-9-25(17-24)38-32(43)34(35,36)37/h6,8-9,11-14,17,22,26-29,31,41H,4-5,7,10,15-16,18-20H2,1-3H3,(H,38,43)(H,39,42)/t22-,26+,27-,28-,29-,31-/m1/s1. The molecule has 1 aliphatic carbocycles. The molecule has 0 spiro atoms. The van der Waals surface area contributed by atoms with Crippen LogP contribution in [0.4, 0.5) is 5.69 Å². The third-order valence-electron chi connectivity index (χ3n) is 9.01. The Morgan fingerprint density at radius 1 is 0.956 bits per heavy atom. The second-order valence-corrected chi connectivity index (χ2v) is 15.8. The number of fused-ring (bicyclic) bond motifs is 1. The maximum Gasteiger partial charge on any atom is 0.276 e. The number of rotatable bonds is 7. The molecular formula is C34H44Cl3N3O5. The average Bonchev–Trinajstić information content (AvgIpc) is 3.00. The normalized spacial score (nSPS) is 27.8. The Balaban J connectivity index is 1.43. The Hall–Kier alpha value is -1.91. The van der Waals surface area contributed by atoms with E-state index in [4.69, 9.17) is 44.3 Å². The SMILES string of the molecule is CC(C)(C)NC(=O)[C@H]1CC[C@H]2CCCC[C@H]2N1C[C@@H]1C[C@H](c2ccc(CO)cc2)O[C@H](c2cccc(NC(=O)C(Cl)(Cl)Cl)c2)O1. The number of piperidine rings is 1. The fourth-order valence-electron chi connectivity index (χ4n) is 6.96. The van der Waals surface area contributed by atoms with Gasteiger partial charge >= 0.3 is 0 Å². The van der Waals surface area contributed by atoms with Gasteiger partial charge in [-0.1, -0.05) is 84.0 Å². The van der Waals surface area contributed by atoms with E-state index in [1.165, 1.54) is 12.8 Å². The van der Waals surface area contributed by atoms with Gasteiger partial charge in [-0.3, -0.25) is 14.5 Å². The zero-order chi connectivity index (χ0) is 32.4. The number of likely N-dealkylation sites (tertiary alicyclic amines) is 1. The average molecular weight is 681 g/mol. The van der Waals surface area contributed by atoms with Gasteiger partial charge in [-0.15, -0.1) is 0 Å². The fraction of sp³-hybridized carbons (Fsp3) is 0.588. The number of benzene rings is 2. The van der Waals surface area contributed by atoms with Crippen LogP contribution < -0.4 is 10.6 Å². The van der Waals surface area contributed by atoms with Crippen LogP contribution in [-0.4, -0.2) is 55.9 Å². The highest BCUT2D eigenvalue weighted by Crippen LogP contribution is 2.42. The first-order valence-electron chi connectivity index (χ1n) is 15.9. The molecule has 45 heavy (non-hydrogen) atoms. The maximum atomic E-state index is 13.7. The van der Waals surface area contributed by atoms with Crippen molar-refractivity contribution in [3.8, 4) is 0 Å². The highest BCUT2D eigenvalue weighted by molar-refractivity contribution is 6.76. The van der Waals surface area contributed by atoms with Gasteiger partial charge < -0.3 is 25.2 Å². The first-order valence-corrected chi connectivity index (χ1v) is 17.0. The summed E-state index contributed by atoms with van der Waals surface area (Å²) in [4.78, 5) is 28.4. The molecule has 2 aromatic carbocycles. The quantitative estimate of drug-likeness (QED) is 0.273. The molecule has 6 atom stereocenters. The summed E-state index contributed by atoms with van der Waals surface area (Å²) in [6.45, 7) is 6.61. The molecule has 0 aromatic heterocycles. The van der Waals surface area contributed by atoms with Crippen LogP contribution >= 0.6 is 34.8 Å². The van der Waals surface area contributed by atoms with Crippen LogP contribution in [0, 0.1) is 5.92 Å². The van der Waals surface area contributed by atoms with Crippen LogP contribution in [0.5, 0.6) is 0 Å². The topological polar surface area (TPSA) is 100 Å². The molecule has 8 nitrogen and oxygen atoms in total. The van der Waals surface area contributed by atoms with Gasteiger partial charge in [0.2, 0.25) is 5.91 Å². The minimum absolute atomic E-state index is 0.0393. The lowest BCUT2D eigenvalue weighted by molar-refractivity contribution is -0.255. The molecule has 3 aliphatic rings. The number of hydrogen-bond acceptors (Lipinski definition) is 6. The van der Waals surface area contributed by atoms with Crippen molar-refractivity contribution in [1.82, 2.24) is 10.2 Å². The van der Waals surface area contributed by atoms with E-state index < -0.39 is 16.0 Å². The van der Waals surface area contributed by atoms with E-state index in [0.29, 0.717) is 36.2 Å². The number of ether oxygens (including phenoxy) is 2. The zero-order valence-electron chi connectivity index (χ0n) is 26.1. The smallest absolute Gasteiger partial charge is 0.276 e. The number of anilines is 1. The molecule has 246 valence electrons. The van der Waals surface area contributed by atoms with Crippen molar-refractivity contribution in [2.75, 3.05) is 11.9 Å². The van der Waals surface area contributed by atoms with E-state index in [1.807, 2.05) is 51.1 Å². The molecule has 0 radical (unpaired) electrons. The summed E-state index contributed by atoms with van der Waals surface area (Å²) in [7, 11) is 0. The fourth-order valence-corrected chi connectivity index (χ4v) is 7.10. The predicted octanol–water partition coefficient (Wildman–Crippen LogP) is 6.97. The highest BCUT2D eigenvalue weighted by Gasteiger charge is 2.44. The van der Waals surface area contributed by atoms with Crippen LogP contribution in [0.1, 0.15) is 94.8 Å². The van der Waals surface area contributed by atoms with Gasteiger partial charge in [0.15, 0.2) is 6.29 Å². The summed E-state index contributed by atoms with van der Waals surface area (Å²) in [6.07, 6.45) is 5.87. The molecule has 1 saturated carbocycles. The number of aliphatic hydroxyl groups excluding tert-OH is 1. The van der Waals surface area contributed by atoms with Gasteiger partial charge in [-0.05, 0) is 75.6 Å². The minimum Gasteiger partial charge on any atom is -0.392 e. The van der Waals surface area contributed by atoms with E-state index in [0.717, 1.165) is 36.8 Å². The molecular weight excluding hydrogens is 637 g/mol. The van der Waals surface area contributed by atoms with Crippen molar-refractivity contribution >= 4 is 52.3 Å². The van der Waals surface area contributed by atoms with Crippen molar-refractivity contribution in [3.05, 3.63) is 65.2 Å². The first-order chi connectivity index (χ1) is 21.3. The van der Waals surface area contributed by atoms with Gasteiger partial charge in [0.25, 0.3) is 9.70 Å². The summed E-state index contributed by atoms with van der Waals surface area (Å²) in [5.41, 5.74) is 2.62. The predicted molar refractivity (Wildman–Crippen MR) is 177 cm³/mol. The summed E-state index contributed by atoms with van der Waals surface area (Å²) in [5, 5.41) is 15.5. The summed E-state index contributed by atoms with van der Waals surface area (Å²) in [5.74, 6) is -0.113. The van der Waals surface area contributed by atoms with E-state index in [2.05, 4.69) is 15.5 Å². The number of nitrogens with zero attached hydrogens (tertiary/aromatic N) is 1. The number of amides is 2. The Kier molecular flexibility index (Phi) is 11.1. The Bertz CT molecular complexity index is 1330. The van der Waals surface area contributed by atoms with Gasteiger partial charge in [0, 0.05) is 35.8 Å². The molecule has 2 aliphatic heterocycles.